The number of carbonyl (C=O) groups is 1. The van der Waals surface area contributed by atoms with Crippen LogP contribution in [0.1, 0.15) is 23.5 Å². The molecule has 1 N–H and O–H groups in total. The predicted molar refractivity (Wildman–Crippen MR) is 92.2 cm³/mol. The van der Waals surface area contributed by atoms with Crippen LogP contribution >= 0.6 is 0 Å². The number of aliphatic imine (C=N–C) groups is 1. The van der Waals surface area contributed by atoms with E-state index in [1.165, 1.54) is 24.9 Å². The van der Waals surface area contributed by atoms with Crippen LogP contribution in [-0.4, -0.2) is 21.3 Å². The van der Waals surface area contributed by atoms with Gasteiger partial charge in [-0.2, -0.15) is 5.26 Å². The molecular weight excluding hydrogens is 322 g/mol. The third-order valence-corrected chi connectivity index (χ3v) is 4.12. The minimum atomic E-state index is -0.487. The van der Waals surface area contributed by atoms with Gasteiger partial charge >= 0.3 is 5.69 Å². The Hall–Kier alpha value is -3.47. The Morgan fingerprint density at radius 3 is 2.56 bits per heavy atom. The van der Waals surface area contributed by atoms with Crippen LogP contribution in [0.4, 0.5) is 11.5 Å². The summed E-state index contributed by atoms with van der Waals surface area (Å²) < 4.78 is 2.31. The molecule has 1 amide bonds. The van der Waals surface area contributed by atoms with Crippen LogP contribution in [0.5, 0.6) is 0 Å². The van der Waals surface area contributed by atoms with Crippen LogP contribution in [0.25, 0.3) is 0 Å². The Kier molecular flexibility index (Phi) is 4.07. The molecule has 1 aromatic heterocycles. The second-order valence-corrected chi connectivity index (χ2v) is 5.77. The molecule has 1 atom stereocenters. The molecule has 0 radical (unpaired) electrons. The maximum absolute atomic E-state index is 12.4. The number of anilines is 1. The maximum Gasteiger partial charge on any atom is 0.332 e. The van der Waals surface area contributed by atoms with Crippen LogP contribution in [0.3, 0.4) is 0 Å². The fourth-order valence-electron chi connectivity index (χ4n) is 2.77. The molecule has 1 aliphatic heterocycles. The number of aromatic nitrogens is 2. The molecule has 0 spiro atoms. The summed E-state index contributed by atoms with van der Waals surface area (Å²) in [4.78, 5) is 40.7. The predicted octanol–water partition coefficient (Wildman–Crippen LogP) is 0.784. The topological polar surface area (TPSA) is 109 Å². The first-order valence-corrected chi connectivity index (χ1v) is 7.56. The van der Waals surface area contributed by atoms with Gasteiger partial charge in [-0.25, -0.2) is 9.79 Å². The third-order valence-electron chi connectivity index (χ3n) is 4.12. The van der Waals surface area contributed by atoms with Crippen molar-refractivity contribution in [2.75, 3.05) is 5.32 Å². The zero-order chi connectivity index (χ0) is 18.1. The van der Waals surface area contributed by atoms with Gasteiger partial charge in [-0.1, -0.05) is 0 Å². The third kappa shape index (κ3) is 2.87. The summed E-state index contributed by atoms with van der Waals surface area (Å²) >= 11 is 0. The number of carbonyl (C=O) groups excluding carboxylic acids is 1. The van der Waals surface area contributed by atoms with E-state index < -0.39 is 17.2 Å². The minimum absolute atomic E-state index is 0.0317. The van der Waals surface area contributed by atoms with Crippen molar-refractivity contribution in [2.45, 2.75) is 12.3 Å². The molecule has 3 rings (SSSR count). The van der Waals surface area contributed by atoms with Gasteiger partial charge in [0.2, 0.25) is 5.91 Å². The molecule has 0 aliphatic carbocycles. The number of rotatable bonds is 3. The molecule has 1 aliphatic rings. The van der Waals surface area contributed by atoms with E-state index in [0.717, 1.165) is 4.57 Å². The first-order chi connectivity index (χ1) is 11.9. The molecule has 1 unspecified atom stereocenters. The highest BCUT2D eigenvalue weighted by Gasteiger charge is 2.28. The SMILES string of the molecule is Cn1c2c(c(=O)n(C)c1=O)C(CC(=O)Nc1ccc(C#N)cc1)C=N2. The van der Waals surface area contributed by atoms with Gasteiger partial charge in [0.1, 0.15) is 5.82 Å². The van der Waals surface area contributed by atoms with Gasteiger partial charge in [0.05, 0.1) is 17.2 Å². The van der Waals surface area contributed by atoms with Gasteiger partial charge in [-0.15, -0.1) is 0 Å². The summed E-state index contributed by atoms with van der Waals surface area (Å²) in [6.45, 7) is 0. The Bertz CT molecular complexity index is 1040. The monoisotopic (exact) mass is 337 g/mol. The number of hydrogen-bond acceptors (Lipinski definition) is 5. The van der Waals surface area contributed by atoms with Gasteiger partial charge in [0.15, 0.2) is 0 Å². The van der Waals surface area contributed by atoms with Crippen molar-refractivity contribution >= 4 is 23.6 Å². The van der Waals surface area contributed by atoms with Crippen molar-refractivity contribution in [1.82, 2.24) is 9.13 Å². The second-order valence-electron chi connectivity index (χ2n) is 5.77. The highest BCUT2D eigenvalue weighted by Crippen LogP contribution is 2.30. The van der Waals surface area contributed by atoms with Gasteiger partial charge in [-0.3, -0.25) is 18.7 Å². The van der Waals surface area contributed by atoms with Crippen molar-refractivity contribution in [3.63, 3.8) is 0 Å². The van der Waals surface area contributed by atoms with Gasteiger partial charge < -0.3 is 5.32 Å². The van der Waals surface area contributed by atoms with Crippen molar-refractivity contribution in [1.29, 1.82) is 5.26 Å². The van der Waals surface area contributed by atoms with E-state index >= 15 is 0 Å². The molecule has 2 heterocycles. The molecule has 0 saturated carbocycles. The van der Waals surface area contributed by atoms with Crippen LogP contribution in [0, 0.1) is 11.3 Å². The van der Waals surface area contributed by atoms with E-state index in [1.54, 1.807) is 24.3 Å². The van der Waals surface area contributed by atoms with Gasteiger partial charge in [0, 0.05) is 38.3 Å². The highest BCUT2D eigenvalue weighted by atomic mass is 16.2. The van der Waals surface area contributed by atoms with E-state index in [-0.39, 0.29) is 12.3 Å². The van der Waals surface area contributed by atoms with Gasteiger partial charge in [-0.05, 0) is 24.3 Å². The number of fused-ring (bicyclic) bond motifs is 1. The molecule has 8 heteroatoms. The normalized spacial score (nSPS) is 14.8. The standard InChI is InChI=1S/C17H15N5O3/c1-21-15-14(16(24)22(2)17(21)25)11(9-19-15)7-13(23)20-12-5-3-10(8-18)4-6-12/h3-6,9,11H,7H2,1-2H3,(H,20,23). The van der Waals surface area contributed by atoms with Crippen LogP contribution < -0.4 is 16.6 Å². The van der Waals surface area contributed by atoms with Crippen molar-refractivity contribution in [3.8, 4) is 6.07 Å². The number of nitriles is 1. The van der Waals surface area contributed by atoms with E-state index in [0.29, 0.717) is 22.6 Å². The summed E-state index contributed by atoms with van der Waals surface area (Å²) in [5.74, 6) is -0.479. The van der Waals surface area contributed by atoms with Crippen LogP contribution in [0.2, 0.25) is 0 Å². The Morgan fingerprint density at radius 2 is 1.92 bits per heavy atom. The molecular formula is C17H15N5O3. The number of hydrogen-bond donors (Lipinski definition) is 1. The average Bonchev–Trinajstić information content (AvgIpc) is 3.02. The summed E-state index contributed by atoms with van der Waals surface area (Å²) in [6, 6.07) is 8.48. The number of nitrogens with one attached hydrogen (secondary N) is 1. The molecule has 126 valence electrons. The number of nitrogens with zero attached hydrogens (tertiary/aromatic N) is 4. The van der Waals surface area contributed by atoms with E-state index in [4.69, 9.17) is 5.26 Å². The highest BCUT2D eigenvalue weighted by molar-refractivity contribution is 5.94. The number of benzene rings is 1. The lowest BCUT2D eigenvalue weighted by atomic mass is 10.00. The fraction of sp³-hybridized carbons (Fsp3) is 0.235. The molecule has 0 fully saturated rings. The summed E-state index contributed by atoms with van der Waals surface area (Å²) in [6.07, 6.45) is 1.55. The van der Waals surface area contributed by atoms with E-state index in [1.807, 2.05) is 6.07 Å². The first-order valence-electron chi connectivity index (χ1n) is 7.56. The zero-order valence-electron chi connectivity index (χ0n) is 13.7. The second kappa shape index (κ2) is 6.20. The lowest BCUT2D eigenvalue weighted by Gasteiger charge is -2.12. The Morgan fingerprint density at radius 1 is 1.24 bits per heavy atom. The van der Waals surface area contributed by atoms with Crippen LogP contribution in [-0.2, 0) is 18.9 Å². The average molecular weight is 337 g/mol. The molecule has 1 aromatic carbocycles. The van der Waals surface area contributed by atoms with Gasteiger partial charge in [0.25, 0.3) is 5.56 Å². The fourth-order valence-corrected chi connectivity index (χ4v) is 2.77. The summed E-state index contributed by atoms with van der Waals surface area (Å²) in [5, 5.41) is 11.5. The van der Waals surface area contributed by atoms with E-state index in [9.17, 15) is 14.4 Å². The lowest BCUT2D eigenvalue weighted by Crippen LogP contribution is -2.39. The van der Waals surface area contributed by atoms with Crippen molar-refractivity contribution in [2.24, 2.45) is 19.1 Å². The number of amides is 1. The Labute approximate surface area is 142 Å². The molecule has 0 saturated heterocycles. The van der Waals surface area contributed by atoms with Crippen molar-refractivity contribution < 1.29 is 4.79 Å². The lowest BCUT2D eigenvalue weighted by molar-refractivity contribution is -0.116. The quantitative estimate of drug-likeness (QED) is 0.892. The molecule has 2 aromatic rings. The van der Waals surface area contributed by atoms with Crippen LogP contribution in [0.15, 0.2) is 38.8 Å². The molecule has 8 nitrogen and oxygen atoms in total. The summed E-state index contributed by atoms with van der Waals surface area (Å²) in [5.41, 5.74) is 0.515. The molecule has 25 heavy (non-hydrogen) atoms. The molecule has 0 bridgehead atoms. The zero-order valence-corrected chi connectivity index (χ0v) is 13.7. The van der Waals surface area contributed by atoms with Crippen molar-refractivity contribution in [3.05, 3.63) is 56.2 Å². The van der Waals surface area contributed by atoms with E-state index in [2.05, 4.69) is 10.3 Å². The largest absolute Gasteiger partial charge is 0.332 e. The summed E-state index contributed by atoms with van der Waals surface area (Å²) in [7, 11) is 2.94. The minimum Gasteiger partial charge on any atom is -0.326 e. The maximum atomic E-state index is 12.4. The smallest absolute Gasteiger partial charge is 0.326 e. The Balaban J connectivity index is 1.81. The first kappa shape index (κ1) is 16.4.